The molecule has 0 radical (unpaired) electrons. The number of hydrogen-bond acceptors (Lipinski definition) is 4. The minimum atomic E-state index is -2.90. The average Bonchev–Trinajstić information content (AvgIpc) is 2.31. The Bertz CT molecular complexity index is 438. The normalized spacial score (nSPS) is 10.6. The summed E-state index contributed by atoms with van der Waals surface area (Å²) in [4.78, 5) is 14.7. The van der Waals surface area contributed by atoms with E-state index in [1.807, 2.05) is 0 Å². The van der Waals surface area contributed by atoms with Crippen molar-refractivity contribution in [1.82, 2.24) is 4.98 Å². The maximum Gasteiger partial charge on any atom is 0.311 e. The number of ether oxygens (including phenoxy) is 2. The molecule has 1 heterocycles. The molecular formula is C11H12F3NO3. The van der Waals surface area contributed by atoms with E-state index in [0.29, 0.717) is 6.07 Å². The Morgan fingerprint density at radius 1 is 1.50 bits per heavy atom. The number of pyridine rings is 1. The first kappa shape index (κ1) is 14.3. The highest BCUT2D eigenvalue weighted by Gasteiger charge is 2.20. The summed E-state index contributed by atoms with van der Waals surface area (Å²) in [6, 6.07) is 0.616. The van der Waals surface area contributed by atoms with Gasteiger partial charge >= 0.3 is 5.97 Å². The molecule has 1 aromatic heterocycles. The van der Waals surface area contributed by atoms with Crippen LogP contribution in [0.15, 0.2) is 6.07 Å². The largest absolute Gasteiger partial charge is 0.481 e. The second kappa shape index (κ2) is 6.23. The predicted octanol–water partition coefficient (Wildman–Crippen LogP) is 2.27. The minimum Gasteiger partial charge on any atom is -0.481 e. The Morgan fingerprint density at radius 2 is 2.17 bits per heavy atom. The van der Waals surface area contributed by atoms with Crippen LogP contribution in [0.25, 0.3) is 0 Å². The number of methoxy groups -OCH3 is 1. The number of rotatable bonds is 5. The van der Waals surface area contributed by atoms with Crippen molar-refractivity contribution in [2.45, 2.75) is 19.8 Å². The van der Waals surface area contributed by atoms with E-state index in [-0.39, 0.29) is 12.3 Å². The molecule has 7 heteroatoms. The summed E-state index contributed by atoms with van der Waals surface area (Å²) in [5.41, 5.74) is -0.933. The lowest BCUT2D eigenvalue weighted by molar-refractivity contribution is -0.142. The fraction of sp³-hybridized carbons (Fsp3) is 0.455. The first-order valence-corrected chi connectivity index (χ1v) is 5.16. The molecule has 0 atom stereocenters. The van der Waals surface area contributed by atoms with E-state index >= 15 is 0 Å². The van der Waals surface area contributed by atoms with Crippen LogP contribution < -0.4 is 4.74 Å². The van der Waals surface area contributed by atoms with Crippen molar-refractivity contribution in [3.63, 3.8) is 0 Å². The third-order valence-electron chi connectivity index (χ3n) is 2.09. The molecule has 0 saturated carbocycles. The summed E-state index contributed by atoms with van der Waals surface area (Å²) in [5.74, 6) is -2.07. The van der Waals surface area contributed by atoms with Crippen molar-refractivity contribution >= 4 is 5.97 Å². The lowest BCUT2D eigenvalue weighted by Crippen LogP contribution is -2.11. The molecule has 0 aromatic carbocycles. The molecule has 0 aliphatic carbocycles. The van der Waals surface area contributed by atoms with Gasteiger partial charge in [0.15, 0.2) is 0 Å². The monoisotopic (exact) mass is 263 g/mol. The van der Waals surface area contributed by atoms with Crippen LogP contribution in [-0.4, -0.2) is 24.7 Å². The van der Waals surface area contributed by atoms with Gasteiger partial charge in [0, 0.05) is 0 Å². The molecule has 0 spiro atoms. The third kappa shape index (κ3) is 3.35. The Labute approximate surface area is 102 Å². The summed E-state index contributed by atoms with van der Waals surface area (Å²) in [7, 11) is 1.14. The zero-order valence-corrected chi connectivity index (χ0v) is 9.87. The quantitative estimate of drug-likeness (QED) is 0.765. The number of hydrogen-bond donors (Lipinski definition) is 0. The summed E-state index contributed by atoms with van der Waals surface area (Å²) < 4.78 is 47.8. The molecule has 0 unspecified atom stereocenters. The van der Waals surface area contributed by atoms with Crippen molar-refractivity contribution in [2.75, 3.05) is 13.7 Å². The first-order chi connectivity index (χ1) is 8.49. The van der Waals surface area contributed by atoms with Crippen LogP contribution in [-0.2, 0) is 16.0 Å². The Kier molecular flexibility index (Phi) is 4.94. The second-order valence-electron chi connectivity index (χ2n) is 3.30. The average molecular weight is 263 g/mol. The Morgan fingerprint density at radius 3 is 2.67 bits per heavy atom. The number of alkyl halides is 2. The summed E-state index contributed by atoms with van der Waals surface area (Å²) in [6.45, 7) is 1.74. The number of carbonyl (C=O) groups is 1. The van der Waals surface area contributed by atoms with E-state index in [2.05, 4.69) is 14.5 Å². The van der Waals surface area contributed by atoms with Gasteiger partial charge in [-0.1, -0.05) is 0 Å². The number of halogens is 3. The Balaban J connectivity index is 3.04. The van der Waals surface area contributed by atoms with Crippen LogP contribution in [0, 0.1) is 5.82 Å². The van der Waals surface area contributed by atoms with Gasteiger partial charge in [0.25, 0.3) is 6.43 Å². The van der Waals surface area contributed by atoms with E-state index in [1.54, 1.807) is 6.92 Å². The minimum absolute atomic E-state index is 0.146. The zero-order chi connectivity index (χ0) is 13.7. The van der Waals surface area contributed by atoms with E-state index in [1.165, 1.54) is 0 Å². The molecule has 0 N–H and O–H groups in total. The molecule has 4 nitrogen and oxygen atoms in total. The number of aromatic nitrogens is 1. The van der Waals surface area contributed by atoms with Crippen molar-refractivity contribution in [1.29, 1.82) is 0 Å². The molecule has 0 aliphatic heterocycles. The highest BCUT2D eigenvalue weighted by molar-refractivity contribution is 5.72. The standard InChI is InChI=1S/C11H12F3NO3/c1-3-18-9(16)5-8-7(12)4-6(10(13)14)11(15-8)17-2/h4,10H,3,5H2,1-2H3. The molecule has 0 bridgehead atoms. The maximum atomic E-state index is 13.5. The van der Waals surface area contributed by atoms with Gasteiger partial charge < -0.3 is 9.47 Å². The molecule has 0 amide bonds. The topological polar surface area (TPSA) is 48.4 Å². The van der Waals surface area contributed by atoms with Crippen LogP contribution in [0.4, 0.5) is 13.2 Å². The zero-order valence-electron chi connectivity index (χ0n) is 9.87. The predicted molar refractivity (Wildman–Crippen MR) is 56.0 cm³/mol. The smallest absolute Gasteiger partial charge is 0.311 e. The van der Waals surface area contributed by atoms with Gasteiger partial charge in [-0.25, -0.2) is 18.2 Å². The molecule has 18 heavy (non-hydrogen) atoms. The third-order valence-corrected chi connectivity index (χ3v) is 2.09. The molecule has 1 aromatic rings. The van der Waals surface area contributed by atoms with Gasteiger partial charge in [0.1, 0.15) is 5.82 Å². The molecule has 0 saturated heterocycles. The van der Waals surface area contributed by atoms with Crippen molar-refractivity contribution in [3.8, 4) is 5.88 Å². The van der Waals surface area contributed by atoms with Crippen LogP contribution in [0.2, 0.25) is 0 Å². The summed E-state index contributed by atoms with van der Waals surface area (Å²) in [6.07, 6.45) is -3.34. The van der Waals surface area contributed by atoms with Crippen LogP contribution in [0.3, 0.4) is 0 Å². The molecule has 1 rings (SSSR count). The number of esters is 1. The fourth-order valence-electron chi connectivity index (χ4n) is 1.31. The highest BCUT2D eigenvalue weighted by Crippen LogP contribution is 2.28. The van der Waals surface area contributed by atoms with Gasteiger partial charge in [-0.05, 0) is 13.0 Å². The van der Waals surface area contributed by atoms with E-state index in [4.69, 9.17) is 0 Å². The van der Waals surface area contributed by atoms with Crippen molar-refractivity contribution in [3.05, 3.63) is 23.1 Å². The van der Waals surface area contributed by atoms with Crippen molar-refractivity contribution < 1.29 is 27.4 Å². The highest BCUT2D eigenvalue weighted by atomic mass is 19.3. The van der Waals surface area contributed by atoms with Crippen molar-refractivity contribution in [2.24, 2.45) is 0 Å². The van der Waals surface area contributed by atoms with Gasteiger partial charge in [-0.2, -0.15) is 0 Å². The SMILES string of the molecule is CCOC(=O)Cc1nc(OC)c(C(F)F)cc1F. The van der Waals surface area contributed by atoms with Gasteiger partial charge in [0.05, 0.1) is 31.4 Å². The van der Waals surface area contributed by atoms with E-state index < -0.39 is 36.1 Å². The summed E-state index contributed by atoms with van der Waals surface area (Å²) >= 11 is 0. The van der Waals surface area contributed by atoms with E-state index in [0.717, 1.165) is 7.11 Å². The Hall–Kier alpha value is -1.79. The van der Waals surface area contributed by atoms with Gasteiger partial charge in [0.2, 0.25) is 5.88 Å². The number of carbonyl (C=O) groups excluding carboxylic acids is 1. The first-order valence-electron chi connectivity index (χ1n) is 5.16. The second-order valence-corrected chi connectivity index (χ2v) is 3.30. The lowest BCUT2D eigenvalue weighted by Gasteiger charge is -2.09. The molecule has 0 aliphatic rings. The van der Waals surface area contributed by atoms with Crippen LogP contribution >= 0.6 is 0 Å². The van der Waals surface area contributed by atoms with Gasteiger partial charge in [-0.3, -0.25) is 4.79 Å². The van der Waals surface area contributed by atoms with Crippen LogP contribution in [0.5, 0.6) is 5.88 Å². The van der Waals surface area contributed by atoms with Crippen LogP contribution in [0.1, 0.15) is 24.6 Å². The lowest BCUT2D eigenvalue weighted by atomic mass is 10.2. The molecule has 100 valence electrons. The molecule has 0 fully saturated rings. The molecular weight excluding hydrogens is 251 g/mol. The van der Waals surface area contributed by atoms with E-state index in [9.17, 15) is 18.0 Å². The fourth-order valence-corrected chi connectivity index (χ4v) is 1.31. The van der Waals surface area contributed by atoms with Gasteiger partial charge in [-0.15, -0.1) is 0 Å². The number of nitrogens with zero attached hydrogens (tertiary/aromatic N) is 1. The maximum absolute atomic E-state index is 13.5. The summed E-state index contributed by atoms with van der Waals surface area (Å²) in [5, 5.41) is 0.